The fourth-order valence-corrected chi connectivity index (χ4v) is 6.67. The Morgan fingerprint density at radius 3 is 1.04 bits per heavy atom. The Morgan fingerprint density at radius 1 is 0.400 bits per heavy atom. The van der Waals surface area contributed by atoms with Crippen LogP contribution in [-0.2, 0) is 33.3 Å². The second-order valence-corrected chi connectivity index (χ2v) is 19.1. The number of carbonyl (C=O) groups excluding carboxylic acids is 3. The Kier molecular flexibility index (Phi) is 51.0. The first-order chi connectivity index (χ1) is 36.6. The van der Waals surface area contributed by atoms with Crippen LogP contribution in [0.3, 0.4) is 0 Å². The van der Waals surface area contributed by atoms with Crippen molar-refractivity contribution in [2.75, 3.05) is 47.5 Å². The Hall–Kier alpha value is -5.35. The van der Waals surface area contributed by atoms with E-state index >= 15 is 0 Å². The topological polar surface area (TPSA) is 111 Å². The average Bonchev–Trinajstić information content (AvgIpc) is 3.38. The minimum atomic E-state index is -1.65. The van der Waals surface area contributed by atoms with E-state index in [0.29, 0.717) is 23.9 Å². The maximum absolute atomic E-state index is 12.9. The van der Waals surface area contributed by atoms with Gasteiger partial charge in [0.15, 0.2) is 12.4 Å². The monoisotopic (exact) mass is 1040 g/mol. The lowest BCUT2D eigenvalue weighted by Crippen LogP contribution is -2.44. The van der Waals surface area contributed by atoms with Gasteiger partial charge in [-0.1, -0.05) is 197 Å². The molecule has 0 heterocycles. The van der Waals surface area contributed by atoms with Gasteiger partial charge in [0.05, 0.1) is 40.3 Å². The van der Waals surface area contributed by atoms with Crippen LogP contribution in [0.4, 0.5) is 0 Å². The van der Waals surface area contributed by atoms with Crippen molar-refractivity contribution in [3.63, 3.8) is 0 Å². The molecule has 0 saturated heterocycles. The molecule has 0 aliphatic heterocycles. The number of carboxylic acid groups (broad SMARTS) is 1. The summed E-state index contributed by atoms with van der Waals surface area (Å²) in [5, 5.41) is 11.8. The highest BCUT2D eigenvalue weighted by molar-refractivity contribution is 5.70. The predicted molar refractivity (Wildman–Crippen MR) is 315 cm³/mol. The number of likely N-dealkylation sites (N-methyl/N-ethyl adjacent to an activating group) is 1. The summed E-state index contributed by atoms with van der Waals surface area (Å²) in [6.07, 6.45) is 79.7. The summed E-state index contributed by atoms with van der Waals surface area (Å²) < 4.78 is 22.6. The number of hydrogen-bond donors (Lipinski definition) is 0. The van der Waals surface area contributed by atoms with E-state index in [-0.39, 0.29) is 32.7 Å². The summed E-state index contributed by atoms with van der Waals surface area (Å²) >= 11 is 0. The summed E-state index contributed by atoms with van der Waals surface area (Å²) in [5.41, 5.74) is 0. The van der Waals surface area contributed by atoms with Gasteiger partial charge in [-0.3, -0.25) is 9.59 Å². The summed E-state index contributed by atoms with van der Waals surface area (Å²) in [6.45, 7) is 4.40. The van der Waals surface area contributed by atoms with Gasteiger partial charge < -0.3 is 33.3 Å². The fourth-order valence-electron chi connectivity index (χ4n) is 6.67. The minimum absolute atomic E-state index is 0.124. The average molecular weight is 1040 g/mol. The van der Waals surface area contributed by atoms with Crippen molar-refractivity contribution < 1.29 is 42.9 Å². The Morgan fingerprint density at radius 2 is 0.720 bits per heavy atom. The smallest absolute Gasteiger partial charge is 0.306 e. The van der Waals surface area contributed by atoms with E-state index in [1.165, 1.54) is 0 Å². The molecule has 2 atom stereocenters. The number of nitrogens with zero attached hydrogens (tertiary/aromatic N) is 1. The number of carbonyl (C=O) groups is 3. The zero-order valence-electron chi connectivity index (χ0n) is 47.3. The SMILES string of the molecule is CC/C=C\C/C=C\C/C=C\C/C=C\C/C=C\C/C=C\C/C=C\CCCCCC(=O)OCC(COC(OCC[N+](C)(C)C)C(=O)[O-])OC(=O)CCCCC/C=C\C/C=C\C/C=C\C/C=C\C/C=C\C/C=C\C/C=C\CC. The number of quaternary nitrogens is 1. The molecule has 0 fully saturated rings. The third kappa shape index (κ3) is 56.2. The molecule has 0 N–H and O–H groups in total. The van der Waals surface area contributed by atoms with Crippen molar-refractivity contribution in [3.05, 3.63) is 170 Å². The van der Waals surface area contributed by atoms with Crippen molar-refractivity contribution in [3.8, 4) is 0 Å². The van der Waals surface area contributed by atoms with Crippen LogP contribution in [-0.4, -0.2) is 82.3 Å². The standard InChI is InChI=1S/C66H101NO8/c1-6-8-10-12-14-16-18-20-22-24-26-28-30-32-34-36-38-40-42-44-46-48-50-52-54-56-63(68)73-60-62(61-74-66(65(70)71)72-59-58-67(3,4)5)75-64(69)57-55-53-51-49-47-45-43-41-39-37-35-33-31-29-27-25-23-21-19-17-15-13-11-9-7-2/h8-11,14-17,20-23,26-29,32-35,38-41,44-47,62,66H,6-7,12-13,18-19,24-25,30-31,36-37,42-43,48-61H2,1-5H3/b10-8-,11-9-,16-14-,17-15-,22-20-,23-21-,28-26-,29-27-,34-32-,35-33-,40-38-,41-39-,46-44-,47-45-. The molecular formula is C66H101NO8. The van der Waals surface area contributed by atoms with Crippen LogP contribution >= 0.6 is 0 Å². The van der Waals surface area contributed by atoms with Crippen LogP contribution < -0.4 is 5.11 Å². The van der Waals surface area contributed by atoms with E-state index in [2.05, 4.69) is 184 Å². The number of carboxylic acids is 1. The van der Waals surface area contributed by atoms with E-state index in [0.717, 1.165) is 128 Å². The van der Waals surface area contributed by atoms with Crippen molar-refractivity contribution in [1.82, 2.24) is 0 Å². The van der Waals surface area contributed by atoms with Crippen molar-refractivity contribution in [2.24, 2.45) is 0 Å². The zero-order chi connectivity index (χ0) is 54.8. The molecule has 0 saturated carbocycles. The molecule has 0 amide bonds. The fraction of sp³-hybridized carbons (Fsp3) is 0.530. The number of hydrogen-bond acceptors (Lipinski definition) is 8. The Bertz CT molecular complexity index is 1830. The molecular weight excluding hydrogens is 935 g/mol. The highest BCUT2D eigenvalue weighted by Gasteiger charge is 2.21. The number of unbranched alkanes of at least 4 members (excludes halogenated alkanes) is 6. The molecule has 0 radical (unpaired) electrons. The highest BCUT2D eigenvalue weighted by atomic mass is 16.7. The molecule has 418 valence electrons. The van der Waals surface area contributed by atoms with Crippen LogP contribution in [0.2, 0.25) is 0 Å². The third-order valence-electron chi connectivity index (χ3n) is 11.0. The molecule has 2 unspecified atom stereocenters. The summed E-state index contributed by atoms with van der Waals surface area (Å²) in [6, 6.07) is 0. The first-order valence-electron chi connectivity index (χ1n) is 28.3. The quantitative estimate of drug-likeness (QED) is 0.0195. The minimum Gasteiger partial charge on any atom is -0.545 e. The van der Waals surface area contributed by atoms with Crippen LogP contribution in [0.5, 0.6) is 0 Å². The molecule has 0 bridgehead atoms. The summed E-state index contributed by atoms with van der Waals surface area (Å²) in [7, 11) is 5.88. The van der Waals surface area contributed by atoms with E-state index in [4.69, 9.17) is 18.9 Å². The largest absolute Gasteiger partial charge is 0.545 e. The van der Waals surface area contributed by atoms with E-state index < -0.39 is 30.3 Å². The number of allylic oxidation sites excluding steroid dienone is 28. The van der Waals surface area contributed by atoms with Gasteiger partial charge in [-0.2, -0.15) is 0 Å². The van der Waals surface area contributed by atoms with Crippen LogP contribution in [0, 0.1) is 0 Å². The van der Waals surface area contributed by atoms with Gasteiger partial charge >= 0.3 is 11.9 Å². The lowest BCUT2D eigenvalue weighted by atomic mass is 10.1. The van der Waals surface area contributed by atoms with Crippen molar-refractivity contribution in [1.29, 1.82) is 0 Å². The van der Waals surface area contributed by atoms with Crippen molar-refractivity contribution >= 4 is 17.9 Å². The van der Waals surface area contributed by atoms with Gasteiger partial charge in [0.1, 0.15) is 13.2 Å². The predicted octanol–water partition coefficient (Wildman–Crippen LogP) is 15.4. The first kappa shape index (κ1) is 69.7. The maximum Gasteiger partial charge on any atom is 0.306 e. The van der Waals surface area contributed by atoms with Crippen LogP contribution in [0.1, 0.15) is 168 Å². The molecule has 0 aromatic heterocycles. The van der Waals surface area contributed by atoms with Gasteiger partial charge in [0.25, 0.3) is 0 Å². The Balaban J connectivity index is 4.48. The zero-order valence-corrected chi connectivity index (χ0v) is 47.3. The molecule has 0 aromatic rings. The number of rotatable bonds is 49. The van der Waals surface area contributed by atoms with E-state index in [1.54, 1.807) is 0 Å². The molecule has 9 nitrogen and oxygen atoms in total. The molecule has 0 aliphatic carbocycles. The lowest BCUT2D eigenvalue weighted by Gasteiger charge is -2.26. The molecule has 0 aromatic carbocycles. The molecule has 0 spiro atoms. The maximum atomic E-state index is 12.9. The normalized spacial score (nSPS) is 14.1. The molecule has 0 aliphatic rings. The van der Waals surface area contributed by atoms with E-state index in [1.807, 2.05) is 21.1 Å². The van der Waals surface area contributed by atoms with Crippen molar-refractivity contribution in [2.45, 2.75) is 180 Å². The highest BCUT2D eigenvalue weighted by Crippen LogP contribution is 2.11. The molecule has 0 rings (SSSR count). The Labute approximate surface area is 457 Å². The second kappa shape index (κ2) is 54.9. The second-order valence-electron chi connectivity index (χ2n) is 19.1. The van der Waals surface area contributed by atoms with Gasteiger partial charge in [0, 0.05) is 12.8 Å². The summed E-state index contributed by atoms with van der Waals surface area (Å²) in [5.74, 6) is -2.40. The molecule has 9 heteroatoms. The first-order valence-corrected chi connectivity index (χ1v) is 28.3. The number of ether oxygens (including phenoxy) is 4. The van der Waals surface area contributed by atoms with E-state index in [9.17, 15) is 19.5 Å². The van der Waals surface area contributed by atoms with Crippen LogP contribution in [0.15, 0.2) is 170 Å². The van der Waals surface area contributed by atoms with Crippen LogP contribution in [0.25, 0.3) is 0 Å². The van der Waals surface area contributed by atoms with Gasteiger partial charge in [0.2, 0.25) is 0 Å². The van der Waals surface area contributed by atoms with Gasteiger partial charge in [-0.15, -0.1) is 0 Å². The number of esters is 2. The van der Waals surface area contributed by atoms with Gasteiger partial charge in [-0.25, -0.2) is 0 Å². The third-order valence-corrected chi connectivity index (χ3v) is 11.0. The lowest BCUT2D eigenvalue weighted by molar-refractivity contribution is -0.870. The summed E-state index contributed by atoms with van der Waals surface area (Å²) in [4.78, 5) is 37.3. The number of aliphatic carboxylic acids is 1. The molecule has 75 heavy (non-hydrogen) atoms. The van der Waals surface area contributed by atoms with Gasteiger partial charge in [-0.05, 0) is 128 Å².